The molecule has 0 saturated carbocycles. The third-order valence-electron chi connectivity index (χ3n) is 6.65. The molecule has 7 nitrogen and oxygen atoms in total. The van der Waals surface area contributed by atoms with Crippen LogP contribution in [0.5, 0.6) is 5.75 Å². The fourth-order valence-corrected chi connectivity index (χ4v) is 5.22. The number of ether oxygens (including phenoxy) is 1. The zero-order valence-electron chi connectivity index (χ0n) is 17.0. The minimum absolute atomic E-state index is 0.0207. The van der Waals surface area contributed by atoms with Gasteiger partial charge < -0.3 is 19.1 Å². The van der Waals surface area contributed by atoms with Crippen molar-refractivity contribution in [3.63, 3.8) is 0 Å². The summed E-state index contributed by atoms with van der Waals surface area (Å²) >= 11 is 0. The van der Waals surface area contributed by atoms with Crippen molar-refractivity contribution in [2.75, 3.05) is 31.6 Å². The number of pyridine rings is 1. The van der Waals surface area contributed by atoms with Crippen molar-refractivity contribution < 1.29 is 14.3 Å². The van der Waals surface area contributed by atoms with Crippen LogP contribution < -0.4 is 15.2 Å². The van der Waals surface area contributed by atoms with E-state index in [1.54, 1.807) is 24.1 Å². The molecule has 4 heterocycles. The van der Waals surface area contributed by atoms with Gasteiger partial charge in [0.25, 0.3) is 5.56 Å². The second-order valence-electron chi connectivity index (χ2n) is 8.54. The third-order valence-corrected chi connectivity index (χ3v) is 6.65. The zero-order chi connectivity index (χ0) is 20.8. The summed E-state index contributed by atoms with van der Waals surface area (Å²) in [6.07, 6.45) is 1.25. The second-order valence-corrected chi connectivity index (χ2v) is 8.54. The van der Waals surface area contributed by atoms with Crippen molar-refractivity contribution in [3.8, 4) is 5.75 Å². The normalized spacial score (nSPS) is 25.2. The smallest absolute Gasteiger partial charge is 0.250 e. The number of piperidine rings is 1. The molecule has 5 rings (SSSR count). The molecular weight excluding hydrogens is 382 g/mol. The van der Waals surface area contributed by atoms with Crippen LogP contribution in [0.15, 0.2) is 47.3 Å². The molecule has 156 valence electrons. The number of amides is 2. The van der Waals surface area contributed by atoms with Crippen LogP contribution in [0.4, 0.5) is 5.69 Å². The molecule has 2 saturated heterocycles. The Labute approximate surface area is 174 Å². The molecule has 0 radical (unpaired) electrons. The third kappa shape index (κ3) is 3.18. The number of anilines is 1. The fraction of sp³-hybridized carbons (Fsp3) is 0.435. The van der Waals surface area contributed by atoms with Crippen molar-refractivity contribution in [1.29, 1.82) is 0 Å². The molecular formula is C23H25N3O4. The van der Waals surface area contributed by atoms with E-state index in [-0.39, 0.29) is 41.5 Å². The molecule has 2 aromatic rings. The van der Waals surface area contributed by atoms with Gasteiger partial charge in [-0.15, -0.1) is 0 Å². The molecule has 7 heteroatoms. The van der Waals surface area contributed by atoms with E-state index in [9.17, 15) is 14.4 Å². The summed E-state index contributed by atoms with van der Waals surface area (Å²) in [6, 6.07) is 12.8. The maximum atomic E-state index is 13.3. The first-order valence-corrected chi connectivity index (χ1v) is 10.5. The highest BCUT2D eigenvalue weighted by Gasteiger charge is 2.41. The van der Waals surface area contributed by atoms with Gasteiger partial charge in [0.2, 0.25) is 11.8 Å². The summed E-state index contributed by atoms with van der Waals surface area (Å²) in [7, 11) is 1.60. The van der Waals surface area contributed by atoms with E-state index in [4.69, 9.17) is 4.74 Å². The Bertz CT molecular complexity index is 1050. The Kier molecular flexibility index (Phi) is 4.60. The van der Waals surface area contributed by atoms with Gasteiger partial charge >= 0.3 is 0 Å². The van der Waals surface area contributed by atoms with Gasteiger partial charge in [-0.25, -0.2) is 0 Å². The van der Waals surface area contributed by atoms with Gasteiger partial charge in [-0.2, -0.15) is 0 Å². The molecule has 1 aromatic heterocycles. The van der Waals surface area contributed by atoms with Crippen LogP contribution in [0.1, 0.15) is 24.5 Å². The summed E-state index contributed by atoms with van der Waals surface area (Å²) < 4.78 is 7.05. The molecule has 2 fully saturated rings. The van der Waals surface area contributed by atoms with Crippen molar-refractivity contribution in [1.82, 2.24) is 9.47 Å². The monoisotopic (exact) mass is 407 g/mol. The first kappa shape index (κ1) is 18.9. The Morgan fingerprint density at radius 2 is 1.80 bits per heavy atom. The first-order chi connectivity index (χ1) is 14.5. The summed E-state index contributed by atoms with van der Waals surface area (Å²) in [5.74, 6) is 0.919. The van der Waals surface area contributed by atoms with Crippen LogP contribution in [-0.4, -0.2) is 48.0 Å². The lowest BCUT2D eigenvalue weighted by molar-refractivity contribution is -0.138. The van der Waals surface area contributed by atoms with Gasteiger partial charge in [-0.1, -0.05) is 6.07 Å². The van der Waals surface area contributed by atoms with Gasteiger partial charge in [0.15, 0.2) is 0 Å². The molecule has 2 bridgehead atoms. The Hall–Kier alpha value is -3.09. The summed E-state index contributed by atoms with van der Waals surface area (Å²) in [5.41, 5.74) is 1.86. The number of carbonyl (C=O) groups excluding carboxylic acids is 2. The summed E-state index contributed by atoms with van der Waals surface area (Å²) in [6.45, 7) is 2.35. The average molecular weight is 407 g/mol. The molecule has 30 heavy (non-hydrogen) atoms. The van der Waals surface area contributed by atoms with E-state index in [0.29, 0.717) is 26.2 Å². The highest BCUT2D eigenvalue weighted by Crippen LogP contribution is 2.36. The lowest BCUT2D eigenvalue weighted by Crippen LogP contribution is -2.50. The van der Waals surface area contributed by atoms with E-state index in [1.165, 1.54) is 0 Å². The number of hydrogen-bond acceptors (Lipinski definition) is 4. The molecule has 3 aliphatic rings. The molecule has 0 spiro atoms. The largest absolute Gasteiger partial charge is 0.497 e. The van der Waals surface area contributed by atoms with Crippen LogP contribution in [-0.2, 0) is 16.1 Å². The average Bonchev–Trinajstić information content (AvgIpc) is 3.15. The number of benzene rings is 1. The van der Waals surface area contributed by atoms with Crippen molar-refractivity contribution in [2.24, 2.45) is 11.8 Å². The Morgan fingerprint density at radius 3 is 2.57 bits per heavy atom. The minimum atomic E-state index is -0.323. The predicted octanol–water partition coefficient (Wildman–Crippen LogP) is 1.86. The Balaban J connectivity index is 1.31. The van der Waals surface area contributed by atoms with Crippen LogP contribution in [0.2, 0.25) is 0 Å². The van der Waals surface area contributed by atoms with E-state index >= 15 is 0 Å². The van der Waals surface area contributed by atoms with Gasteiger partial charge in [-0.3, -0.25) is 14.4 Å². The molecule has 0 N–H and O–H groups in total. The molecule has 3 atom stereocenters. The molecule has 0 unspecified atom stereocenters. The molecule has 0 aliphatic carbocycles. The van der Waals surface area contributed by atoms with Gasteiger partial charge in [-0.05, 0) is 42.7 Å². The predicted molar refractivity (Wildman–Crippen MR) is 112 cm³/mol. The first-order valence-electron chi connectivity index (χ1n) is 10.5. The second kappa shape index (κ2) is 7.31. The number of hydrogen-bond donors (Lipinski definition) is 0. The number of methoxy groups -OCH3 is 1. The fourth-order valence-electron chi connectivity index (χ4n) is 5.22. The van der Waals surface area contributed by atoms with Crippen LogP contribution in [0.3, 0.4) is 0 Å². The molecule has 2 amide bonds. The number of carbonyl (C=O) groups is 2. The zero-order valence-corrected chi connectivity index (χ0v) is 17.0. The summed E-state index contributed by atoms with van der Waals surface area (Å²) in [5, 5.41) is 0. The quantitative estimate of drug-likeness (QED) is 0.779. The maximum Gasteiger partial charge on any atom is 0.250 e. The van der Waals surface area contributed by atoms with Crippen LogP contribution in [0.25, 0.3) is 0 Å². The lowest BCUT2D eigenvalue weighted by atomic mass is 9.82. The minimum Gasteiger partial charge on any atom is -0.497 e. The lowest BCUT2D eigenvalue weighted by Gasteiger charge is -2.43. The number of aromatic nitrogens is 1. The SMILES string of the molecule is COc1ccc(N2C[C@@H](C(=O)N3C[C@@H]4C[C@@H](C3)c3cccc(=O)n3C4)CC2=O)cc1. The van der Waals surface area contributed by atoms with E-state index in [0.717, 1.165) is 23.6 Å². The Morgan fingerprint density at radius 1 is 1.00 bits per heavy atom. The van der Waals surface area contributed by atoms with Gasteiger partial charge in [0, 0.05) is 56.0 Å². The highest BCUT2D eigenvalue weighted by molar-refractivity contribution is 6.00. The van der Waals surface area contributed by atoms with Crippen LogP contribution in [0, 0.1) is 11.8 Å². The number of likely N-dealkylation sites (tertiary alicyclic amines) is 1. The summed E-state index contributed by atoms with van der Waals surface area (Å²) in [4.78, 5) is 41.7. The topological polar surface area (TPSA) is 71.8 Å². The molecule has 3 aliphatic heterocycles. The maximum absolute atomic E-state index is 13.3. The number of nitrogens with zero attached hydrogens (tertiary/aromatic N) is 3. The van der Waals surface area contributed by atoms with Crippen molar-refractivity contribution in [3.05, 3.63) is 58.5 Å². The number of fused-ring (bicyclic) bond motifs is 4. The van der Waals surface area contributed by atoms with E-state index < -0.39 is 0 Å². The van der Waals surface area contributed by atoms with Crippen molar-refractivity contribution >= 4 is 17.5 Å². The highest BCUT2D eigenvalue weighted by atomic mass is 16.5. The van der Waals surface area contributed by atoms with E-state index in [2.05, 4.69) is 0 Å². The standard InChI is InChI=1S/C23H25N3O4/c1-30-19-7-5-18(6-8-19)25-14-17(10-22(25)28)23(29)24-11-15-9-16(13-24)20-3-2-4-21(27)26(20)12-15/h2-8,15-17H,9-14H2,1H3/t15-,16-,17-/m0/s1. The van der Waals surface area contributed by atoms with Crippen LogP contribution >= 0.6 is 0 Å². The van der Waals surface area contributed by atoms with Gasteiger partial charge in [0.05, 0.1) is 13.0 Å². The number of rotatable bonds is 3. The molecule has 1 aromatic carbocycles. The van der Waals surface area contributed by atoms with Gasteiger partial charge in [0.1, 0.15) is 5.75 Å². The van der Waals surface area contributed by atoms with E-state index in [1.807, 2.05) is 39.8 Å². The van der Waals surface area contributed by atoms with Crippen molar-refractivity contribution in [2.45, 2.75) is 25.3 Å².